The van der Waals surface area contributed by atoms with Crippen molar-refractivity contribution in [1.82, 2.24) is 10.6 Å². The zero-order valence-corrected chi connectivity index (χ0v) is 13.2. The summed E-state index contributed by atoms with van der Waals surface area (Å²) >= 11 is 5.94. The lowest BCUT2D eigenvalue weighted by atomic mass is 9.95. The second kappa shape index (κ2) is 8.21. The summed E-state index contributed by atoms with van der Waals surface area (Å²) in [6.45, 7) is 0.0781. The highest BCUT2D eigenvalue weighted by Gasteiger charge is 2.32. The van der Waals surface area contributed by atoms with Gasteiger partial charge in [0.15, 0.2) is 0 Å². The molecule has 1 heterocycles. The van der Waals surface area contributed by atoms with Gasteiger partial charge < -0.3 is 20.5 Å². The van der Waals surface area contributed by atoms with Crippen LogP contribution in [0.1, 0.15) is 11.6 Å². The Morgan fingerprint density at radius 1 is 1.50 bits per heavy atom. The van der Waals surface area contributed by atoms with Crippen molar-refractivity contribution in [2.24, 2.45) is 5.11 Å². The quantitative estimate of drug-likeness (QED) is 0.300. The number of hydrogen-bond acceptors (Lipinski definition) is 4. The van der Waals surface area contributed by atoms with Crippen LogP contribution >= 0.6 is 11.6 Å². The number of azide groups is 1. The molecule has 0 fully saturated rings. The van der Waals surface area contributed by atoms with E-state index in [1.165, 1.54) is 0 Å². The molecular weight excluding hydrogens is 338 g/mol. The van der Waals surface area contributed by atoms with Crippen molar-refractivity contribution < 1.29 is 19.4 Å². The monoisotopic (exact) mass is 351 g/mol. The standard InChI is InChI=1S/C14H14ClN5O4/c15-9-3-1-2-8(6-9)12-11(13(21)22)10(18-14(23)19-12)7-24-5-4-17-20-16/h1-3,6,12H,4-5,7H2,(H,21,22)(H2,18,19,23). The first-order valence-corrected chi connectivity index (χ1v) is 7.28. The van der Waals surface area contributed by atoms with Crippen molar-refractivity contribution in [2.75, 3.05) is 19.8 Å². The second-order valence-electron chi connectivity index (χ2n) is 4.79. The lowest BCUT2D eigenvalue weighted by molar-refractivity contribution is -0.133. The van der Waals surface area contributed by atoms with Gasteiger partial charge in [0.1, 0.15) is 0 Å². The number of ether oxygens (including phenoxy) is 1. The van der Waals surface area contributed by atoms with E-state index in [2.05, 4.69) is 20.7 Å². The van der Waals surface area contributed by atoms with Crippen LogP contribution in [-0.2, 0) is 9.53 Å². The molecule has 0 aliphatic carbocycles. The summed E-state index contributed by atoms with van der Waals surface area (Å²) in [6, 6.07) is 5.18. The van der Waals surface area contributed by atoms with Crippen molar-refractivity contribution in [3.8, 4) is 0 Å². The van der Waals surface area contributed by atoms with E-state index < -0.39 is 18.0 Å². The predicted molar refractivity (Wildman–Crippen MR) is 85.4 cm³/mol. The van der Waals surface area contributed by atoms with Crippen LogP contribution in [0, 0.1) is 0 Å². The van der Waals surface area contributed by atoms with Gasteiger partial charge in [0.05, 0.1) is 30.5 Å². The molecule has 10 heteroatoms. The SMILES string of the molecule is [N-]=[N+]=NCCOCC1=C(C(=O)O)C(c2cccc(Cl)c2)NC(=O)N1. The number of benzene rings is 1. The fourth-order valence-corrected chi connectivity index (χ4v) is 2.44. The fourth-order valence-electron chi connectivity index (χ4n) is 2.24. The van der Waals surface area contributed by atoms with Gasteiger partial charge in [0.25, 0.3) is 0 Å². The Kier molecular flexibility index (Phi) is 6.02. The normalized spacial score (nSPS) is 16.9. The molecule has 2 rings (SSSR count). The molecule has 3 N–H and O–H groups in total. The van der Waals surface area contributed by atoms with Gasteiger partial charge in [-0.1, -0.05) is 28.8 Å². The number of carbonyl (C=O) groups excluding carboxylic acids is 1. The largest absolute Gasteiger partial charge is 0.478 e. The molecule has 0 bridgehead atoms. The predicted octanol–water partition coefficient (Wildman–Crippen LogP) is 2.36. The van der Waals surface area contributed by atoms with E-state index in [1.54, 1.807) is 24.3 Å². The van der Waals surface area contributed by atoms with Crippen molar-refractivity contribution in [2.45, 2.75) is 6.04 Å². The number of nitrogens with zero attached hydrogens (tertiary/aromatic N) is 3. The van der Waals surface area contributed by atoms with Gasteiger partial charge in [0.2, 0.25) is 0 Å². The fraction of sp³-hybridized carbons (Fsp3) is 0.286. The second-order valence-corrected chi connectivity index (χ2v) is 5.23. The average Bonchev–Trinajstić information content (AvgIpc) is 2.53. The van der Waals surface area contributed by atoms with E-state index >= 15 is 0 Å². The molecule has 1 aromatic carbocycles. The third kappa shape index (κ3) is 4.39. The Bertz CT molecular complexity index is 730. The van der Waals surface area contributed by atoms with Crippen molar-refractivity contribution in [3.63, 3.8) is 0 Å². The molecular formula is C14H14ClN5O4. The van der Waals surface area contributed by atoms with Crippen molar-refractivity contribution in [1.29, 1.82) is 0 Å². The highest BCUT2D eigenvalue weighted by molar-refractivity contribution is 6.30. The van der Waals surface area contributed by atoms with Crippen LogP contribution in [0.5, 0.6) is 0 Å². The lowest BCUT2D eigenvalue weighted by Crippen LogP contribution is -2.46. The third-order valence-corrected chi connectivity index (χ3v) is 3.45. The van der Waals surface area contributed by atoms with Crippen LogP contribution in [0.25, 0.3) is 10.4 Å². The van der Waals surface area contributed by atoms with Gasteiger partial charge in [-0.05, 0) is 23.2 Å². The van der Waals surface area contributed by atoms with Gasteiger partial charge >= 0.3 is 12.0 Å². The molecule has 0 spiro atoms. The molecule has 24 heavy (non-hydrogen) atoms. The number of carbonyl (C=O) groups is 2. The number of urea groups is 1. The van der Waals surface area contributed by atoms with Crippen molar-refractivity contribution >= 4 is 23.6 Å². The number of rotatable bonds is 7. The molecule has 1 aliphatic rings. The summed E-state index contributed by atoms with van der Waals surface area (Å²) in [4.78, 5) is 26.1. The Morgan fingerprint density at radius 3 is 2.96 bits per heavy atom. The van der Waals surface area contributed by atoms with E-state index in [-0.39, 0.29) is 31.0 Å². The minimum atomic E-state index is -1.19. The summed E-state index contributed by atoms with van der Waals surface area (Å²) in [7, 11) is 0. The summed E-state index contributed by atoms with van der Waals surface area (Å²) in [5, 5.41) is 18.3. The van der Waals surface area contributed by atoms with Gasteiger partial charge in [-0.25, -0.2) is 9.59 Å². The molecule has 0 aromatic heterocycles. The maximum absolute atomic E-state index is 11.8. The first-order chi connectivity index (χ1) is 11.5. The first kappa shape index (κ1) is 17.6. The molecule has 1 unspecified atom stereocenters. The van der Waals surface area contributed by atoms with Gasteiger partial charge in [0, 0.05) is 16.5 Å². The maximum atomic E-state index is 11.8. The molecule has 126 valence electrons. The van der Waals surface area contributed by atoms with Crippen LogP contribution in [-0.4, -0.2) is 36.9 Å². The Morgan fingerprint density at radius 2 is 2.29 bits per heavy atom. The highest BCUT2D eigenvalue weighted by Crippen LogP contribution is 2.28. The summed E-state index contributed by atoms with van der Waals surface area (Å²) in [5.74, 6) is -1.19. The van der Waals surface area contributed by atoms with E-state index in [0.29, 0.717) is 10.6 Å². The van der Waals surface area contributed by atoms with E-state index in [9.17, 15) is 14.7 Å². The van der Waals surface area contributed by atoms with Gasteiger partial charge in [-0.2, -0.15) is 0 Å². The molecule has 2 amide bonds. The van der Waals surface area contributed by atoms with E-state index in [4.69, 9.17) is 21.9 Å². The van der Waals surface area contributed by atoms with Crippen LogP contribution in [0.3, 0.4) is 0 Å². The molecule has 1 aromatic rings. The molecule has 1 atom stereocenters. The van der Waals surface area contributed by atoms with Gasteiger partial charge in [-0.15, -0.1) is 0 Å². The zero-order chi connectivity index (χ0) is 17.5. The van der Waals surface area contributed by atoms with Crippen LogP contribution in [0.4, 0.5) is 4.79 Å². The average molecular weight is 352 g/mol. The number of aliphatic carboxylic acids is 1. The first-order valence-electron chi connectivity index (χ1n) is 6.91. The topological polar surface area (TPSA) is 136 Å². The van der Waals surface area contributed by atoms with Crippen LogP contribution < -0.4 is 10.6 Å². The summed E-state index contributed by atoms with van der Waals surface area (Å²) in [6.07, 6.45) is 0. The Labute approximate surface area is 141 Å². The highest BCUT2D eigenvalue weighted by atomic mass is 35.5. The molecule has 0 radical (unpaired) electrons. The summed E-state index contributed by atoms with van der Waals surface area (Å²) < 4.78 is 5.26. The van der Waals surface area contributed by atoms with Gasteiger partial charge in [-0.3, -0.25) is 0 Å². The molecule has 1 aliphatic heterocycles. The number of halogens is 1. The van der Waals surface area contributed by atoms with Crippen LogP contribution in [0.2, 0.25) is 5.02 Å². The maximum Gasteiger partial charge on any atom is 0.335 e. The van der Waals surface area contributed by atoms with E-state index in [0.717, 1.165) is 0 Å². The van der Waals surface area contributed by atoms with E-state index in [1.807, 2.05) is 0 Å². The smallest absolute Gasteiger partial charge is 0.335 e. The third-order valence-electron chi connectivity index (χ3n) is 3.21. The van der Waals surface area contributed by atoms with Crippen molar-refractivity contribution in [3.05, 3.63) is 56.6 Å². The summed E-state index contributed by atoms with van der Waals surface area (Å²) in [5.41, 5.74) is 8.82. The Hall–Kier alpha value is -2.74. The lowest BCUT2D eigenvalue weighted by Gasteiger charge is -2.28. The Balaban J connectivity index is 2.28. The minimum absolute atomic E-state index is 0.0411. The number of hydrogen-bond donors (Lipinski definition) is 3. The number of nitrogens with one attached hydrogen (secondary N) is 2. The van der Waals surface area contributed by atoms with Crippen LogP contribution in [0.15, 0.2) is 40.6 Å². The molecule has 0 saturated carbocycles. The number of amides is 2. The molecule has 0 saturated heterocycles. The number of carboxylic acids is 1. The molecule has 9 nitrogen and oxygen atoms in total. The number of carboxylic acid groups (broad SMARTS) is 1. The minimum Gasteiger partial charge on any atom is -0.478 e. The zero-order valence-electron chi connectivity index (χ0n) is 12.4.